The van der Waals surface area contributed by atoms with E-state index in [4.69, 9.17) is 30.9 Å². The fourth-order valence-corrected chi connectivity index (χ4v) is 2.54. The van der Waals surface area contributed by atoms with Crippen molar-refractivity contribution in [2.45, 2.75) is 68.5 Å². The molecule has 31 heavy (non-hydrogen) atoms. The number of hydrogen-bond donors (Lipinski definition) is 10. The molecule has 11 N–H and O–H groups in total. The van der Waals surface area contributed by atoms with E-state index in [2.05, 4.69) is 5.32 Å². The van der Waals surface area contributed by atoms with E-state index in [1.54, 1.807) is 0 Å². The van der Waals surface area contributed by atoms with E-state index in [-0.39, 0.29) is 12.8 Å². The van der Waals surface area contributed by atoms with Gasteiger partial charge in [-0.1, -0.05) is 0 Å². The smallest absolute Gasteiger partial charge is 0.364 e. The molecule has 0 saturated carbocycles. The molecule has 180 valence electrons. The average molecular weight is 456 g/mol. The Morgan fingerprint density at radius 3 is 2.13 bits per heavy atom. The number of aliphatic hydroxyl groups is 5. The molecule has 1 amide bonds. The summed E-state index contributed by atoms with van der Waals surface area (Å²) in [6, 6.07) is -2.32. The Balaban J connectivity index is 0.000000759. The number of hydrogen-bond acceptors (Lipinski definition) is 11. The van der Waals surface area contributed by atoms with Gasteiger partial charge in [-0.05, 0) is 6.42 Å². The van der Waals surface area contributed by atoms with Crippen LogP contribution in [0.5, 0.6) is 0 Å². The summed E-state index contributed by atoms with van der Waals surface area (Å²) >= 11 is 0. The molecular weight excluding hydrogens is 428 g/mol. The fraction of sp³-hybridized carbons (Fsp3) is 0.750. The first kappa shape index (κ1) is 28.6. The number of amides is 1. The minimum absolute atomic E-state index is 0.0231. The highest BCUT2D eigenvalue weighted by molar-refractivity contribution is 5.76. The lowest BCUT2D eigenvalue weighted by molar-refractivity contribution is -0.295. The lowest BCUT2D eigenvalue weighted by Gasteiger charge is -2.44. The van der Waals surface area contributed by atoms with Crippen molar-refractivity contribution in [3.8, 4) is 0 Å². The number of aliphatic carboxylic acids is 3. The summed E-state index contributed by atoms with van der Waals surface area (Å²) in [7, 11) is 0. The van der Waals surface area contributed by atoms with Gasteiger partial charge in [0.1, 0.15) is 24.4 Å². The maximum absolute atomic E-state index is 11.1. The number of nitrogens with two attached hydrogens (primary N) is 1. The largest absolute Gasteiger partial charge is 0.481 e. The second kappa shape index (κ2) is 12.5. The van der Waals surface area contributed by atoms with Gasteiger partial charge in [0.25, 0.3) is 5.79 Å². The molecule has 0 radical (unpaired) electrons. The highest BCUT2D eigenvalue weighted by Crippen LogP contribution is 2.30. The number of aliphatic hydroxyl groups excluding tert-OH is 4. The van der Waals surface area contributed by atoms with Crippen LogP contribution in [0.2, 0.25) is 0 Å². The van der Waals surface area contributed by atoms with Crippen molar-refractivity contribution < 1.29 is 64.8 Å². The standard InChI is InChI=1S/C11H19NO9.C5H9NO4/c1-4(14)12-7-5(15)2-11(20,10(18)19)21-9(7)8(17)6(16)3-13;6-3(5(9)10)1-2-4(7)8/h5-9,13,15-17,20H,2-3H2,1H3,(H,12,14)(H,18,19);3H,1-2,6H2,(H,7,8)(H,9,10)/t5-,6+,7+,8+,9+,11-;3-/m00/s1. The zero-order valence-electron chi connectivity index (χ0n) is 16.5. The number of carboxylic acid groups (broad SMARTS) is 3. The predicted molar refractivity (Wildman–Crippen MR) is 97.3 cm³/mol. The van der Waals surface area contributed by atoms with Crippen molar-refractivity contribution in [3.05, 3.63) is 0 Å². The van der Waals surface area contributed by atoms with Crippen LogP contribution in [-0.4, -0.2) is 114 Å². The number of carboxylic acids is 3. The molecule has 0 aromatic heterocycles. The van der Waals surface area contributed by atoms with E-state index < -0.39 is 79.1 Å². The molecule has 7 atom stereocenters. The van der Waals surface area contributed by atoms with Gasteiger partial charge < -0.3 is 56.6 Å². The Labute approximate surface area is 175 Å². The molecule has 0 spiro atoms. The van der Waals surface area contributed by atoms with Gasteiger partial charge in [0.2, 0.25) is 5.91 Å². The minimum atomic E-state index is -2.78. The number of nitrogens with one attached hydrogen (secondary N) is 1. The summed E-state index contributed by atoms with van der Waals surface area (Å²) in [4.78, 5) is 42.0. The molecule has 1 aliphatic rings. The SMILES string of the molecule is CC(=O)N[C@H]1[C@H]([C@H](O)[C@H](O)CO)O[C@](O)(C(=O)O)C[C@@H]1O.N[C@@H](CCC(=O)O)C(=O)O. The Kier molecular flexibility index (Phi) is 11.5. The number of rotatable bonds is 9. The molecule has 15 nitrogen and oxygen atoms in total. The van der Waals surface area contributed by atoms with Gasteiger partial charge in [0.05, 0.1) is 18.8 Å². The van der Waals surface area contributed by atoms with E-state index in [9.17, 15) is 39.6 Å². The topological polar surface area (TPSA) is 277 Å². The third-order valence-electron chi connectivity index (χ3n) is 4.19. The first-order chi connectivity index (χ1) is 14.2. The molecule has 0 aliphatic carbocycles. The quantitative estimate of drug-likeness (QED) is 0.156. The van der Waals surface area contributed by atoms with Crippen molar-refractivity contribution in [1.82, 2.24) is 5.32 Å². The molecule has 0 aromatic carbocycles. The van der Waals surface area contributed by atoms with Crippen LogP contribution in [0.3, 0.4) is 0 Å². The van der Waals surface area contributed by atoms with Crippen LogP contribution < -0.4 is 11.1 Å². The van der Waals surface area contributed by atoms with E-state index in [1.165, 1.54) is 0 Å². The number of ether oxygens (including phenoxy) is 1. The van der Waals surface area contributed by atoms with Gasteiger partial charge in [0.15, 0.2) is 0 Å². The van der Waals surface area contributed by atoms with Gasteiger partial charge in [-0.2, -0.15) is 0 Å². The summed E-state index contributed by atoms with van der Waals surface area (Å²) in [6.07, 6.45) is -7.71. The summed E-state index contributed by atoms with van der Waals surface area (Å²) in [5.74, 6) is -7.37. The van der Waals surface area contributed by atoms with Crippen molar-refractivity contribution in [3.63, 3.8) is 0 Å². The third-order valence-corrected chi connectivity index (χ3v) is 4.19. The van der Waals surface area contributed by atoms with Crippen molar-refractivity contribution in [1.29, 1.82) is 0 Å². The van der Waals surface area contributed by atoms with E-state index in [0.717, 1.165) is 6.92 Å². The van der Waals surface area contributed by atoms with E-state index in [1.807, 2.05) is 0 Å². The molecule has 1 rings (SSSR count). The third kappa shape index (κ3) is 9.09. The molecule has 1 aliphatic heterocycles. The second-order valence-electron chi connectivity index (χ2n) is 6.79. The van der Waals surface area contributed by atoms with Crippen LogP contribution in [0.25, 0.3) is 0 Å². The Morgan fingerprint density at radius 2 is 1.74 bits per heavy atom. The molecule has 0 unspecified atom stereocenters. The highest BCUT2D eigenvalue weighted by Gasteiger charge is 2.53. The molecule has 1 heterocycles. The summed E-state index contributed by atoms with van der Waals surface area (Å²) in [5, 5.41) is 75.2. The summed E-state index contributed by atoms with van der Waals surface area (Å²) in [5.41, 5.74) is 5.00. The maximum Gasteiger partial charge on any atom is 0.364 e. The molecule has 0 bridgehead atoms. The van der Waals surface area contributed by atoms with Gasteiger partial charge in [0, 0.05) is 19.8 Å². The number of carbonyl (C=O) groups excluding carboxylic acids is 1. The lowest BCUT2D eigenvalue weighted by Crippen LogP contribution is -2.67. The molecule has 0 aromatic rings. The Bertz CT molecular complexity index is 645. The monoisotopic (exact) mass is 456 g/mol. The van der Waals surface area contributed by atoms with Gasteiger partial charge >= 0.3 is 17.9 Å². The van der Waals surface area contributed by atoms with Crippen LogP contribution in [0.4, 0.5) is 0 Å². The van der Waals surface area contributed by atoms with E-state index >= 15 is 0 Å². The van der Waals surface area contributed by atoms with Gasteiger partial charge in [-0.15, -0.1) is 0 Å². The van der Waals surface area contributed by atoms with Gasteiger partial charge in [-0.3, -0.25) is 14.4 Å². The normalized spacial score (nSPS) is 28.3. The summed E-state index contributed by atoms with van der Waals surface area (Å²) < 4.78 is 4.86. The molecule has 15 heteroatoms. The highest BCUT2D eigenvalue weighted by atomic mass is 16.7. The van der Waals surface area contributed by atoms with Crippen LogP contribution >= 0.6 is 0 Å². The number of carbonyl (C=O) groups is 4. The first-order valence-corrected chi connectivity index (χ1v) is 8.92. The molecule has 1 saturated heterocycles. The summed E-state index contributed by atoms with van der Waals surface area (Å²) in [6.45, 7) is 0.256. The minimum Gasteiger partial charge on any atom is -0.481 e. The Hall–Kier alpha value is -2.40. The Morgan fingerprint density at radius 1 is 1.19 bits per heavy atom. The fourth-order valence-electron chi connectivity index (χ4n) is 2.54. The van der Waals surface area contributed by atoms with Crippen molar-refractivity contribution in [2.75, 3.05) is 6.61 Å². The van der Waals surface area contributed by atoms with Crippen molar-refractivity contribution >= 4 is 23.8 Å². The predicted octanol–water partition coefficient (Wildman–Crippen LogP) is -4.61. The first-order valence-electron chi connectivity index (χ1n) is 8.92. The zero-order valence-corrected chi connectivity index (χ0v) is 16.5. The maximum atomic E-state index is 11.1. The molecular formula is C16H28N2O13. The van der Waals surface area contributed by atoms with Gasteiger partial charge in [-0.25, -0.2) is 4.79 Å². The van der Waals surface area contributed by atoms with Crippen LogP contribution in [0.15, 0.2) is 0 Å². The van der Waals surface area contributed by atoms with E-state index in [0.29, 0.717) is 0 Å². The van der Waals surface area contributed by atoms with Crippen molar-refractivity contribution in [2.24, 2.45) is 5.73 Å². The molecule has 1 fully saturated rings. The lowest BCUT2D eigenvalue weighted by atomic mass is 9.88. The second-order valence-corrected chi connectivity index (χ2v) is 6.79. The van der Waals surface area contributed by atoms with Crippen LogP contribution in [0.1, 0.15) is 26.2 Å². The zero-order chi connectivity index (χ0) is 24.5. The average Bonchev–Trinajstić information content (AvgIpc) is 2.66. The van der Waals surface area contributed by atoms with Crippen LogP contribution in [-0.2, 0) is 23.9 Å². The van der Waals surface area contributed by atoms with Crippen LogP contribution in [0, 0.1) is 0 Å².